The SMILES string of the molecule is COc1ccc(OC)c(NC(=O)C(C)N2CCN(c3ccc(F)cc3)CC2)c1. The molecule has 1 amide bonds. The second-order valence-corrected chi connectivity index (χ2v) is 6.73. The number of nitrogens with one attached hydrogen (secondary N) is 1. The topological polar surface area (TPSA) is 54.0 Å². The van der Waals surface area contributed by atoms with E-state index in [0.29, 0.717) is 17.2 Å². The van der Waals surface area contributed by atoms with Crippen molar-refractivity contribution in [2.75, 3.05) is 50.6 Å². The molecule has 1 heterocycles. The van der Waals surface area contributed by atoms with Crippen molar-refractivity contribution in [3.8, 4) is 11.5 Å². The Labute approximate surface area is 164 Å². The molecule has 0 radical (unpaired) electrons. The van der Waals surface area contributed by atoms with Crippen LogP contribution in [0, 0.1) is 5.82 Å². The molecule has 6 nitrogen and oxygen atoms in total. The number of carbonyl (C=O) groups excluding carboxylic acids is 1. The van der Waals surface area contributed by atoms with Crippen molar-refractivity contribution in [2.24, 2.45) is 0 Å². The van der Waals surface area contributed by atoms with Crippen molar-refractivity contribution in [1.82, 2.24) is 4.90 Å². The summed E-state index contributed by atoms with van der Waals surface area (Å²) in [5, 5.41) is 2.94. The first-order valence-corrected chi connectivity index (χ1v) is 9.29. The molecule has 3 rings (SSSR count). The fraction of sp³-hybridized carbons (Fsp3) is 0.381. The molecule has 1 unspecified atom stereocenters. The Morgan fingerprint density at radius 2 is 1.71 bits per heavy atom. The van der Waals surface area contributed by atoms with Crippen molar-refractivity contribution in [3.63, 3.8) is 0 Å². The van der Waals surface area contributed by atoms with Gasteiger partial charge in [-0.05, 0) is 43.3 Å². The van der Waals surface area contributed by atoms with E-state index in [1.165, 1.54) is 12.1 Å². The number of ether oxygens (including phenoxy) is 2. The van der Waals surface area contributed by atoms with Crippen LogP contribution in [0.3, 0.4) is 0 Å². The van der Waals surface area contributed by atoms with Gasteiger partial charge in [-0.25, -0.2) is 4.39 Å². The zero-order valence-electron chi connectivity index (χ0n) is 16.4. The summed E-state index contributed by atoms with van der Waals surface area (Å²) in [5.41, 5.74) is 1.59. The predicted octanol–water partition coefficient (Wildman–Crippen LogP) is 2.99. The minimum Gasteiger partial charge on any atom is -0.497 e. The van der Waals surface area contributed by atoms with Crippen molar-refractivity contribution in [1.29, 1.82) is 0 Å². The fourth-order valence-corrected chi connectivity index (χ4v) is 3.33. The van der Waals surface area contributed by atoms with E-state index in [2.05, 4.69) is 15.1 Å². The van der Waals surface area contributed by atoms with E-state index in [9.17, 15) is 9.18 Å². The summed E-state index contributed by atoms with van der Waals surface area (Å²) in [4.78, 5) is 17.1. The molecule has 1 aliphatic heterocycles. The van der Waals surface area contributed by atoms with Crippen LogP contribution in [0.5, 0.6) is 11.5 Å². The van der Waals surface area contributed by atoms with Crippen LogP contribution in [0.15, 0.2) is 42.5 Å². The molecule has 1 saturated heterocycles. The van der Waals surface area contributed by atoms with E-state index < -0.39 is 0 Å². The van der Waals surface area contributed by atoms with Crippen LogP contribution in [0.4, 0.5) is 15.8 Å². The van der Waals surface area contributed by atoms with E-state index in [1.807, 2.05) is 6.92 Å². The highest BCUT2D eigenvalue weighted by molar-refractivity contribution is 5.96. The summed E-state index contributed by atoms with van der Waals surface area (Å²) in [6.45, 7) is 4.97. The van der Waals surface area contributed by atoms with E-state index in [1.54, 1.807) is 44.6 Å². The Morgan fingerprint density at radius 1 is 1.04 bits per heavy atom. The molecular formula is C21H26FN3O3. The molecule has 150 valence electrons. The van der Waals surface area contributed by atoms with Gasteiger partial charge in [0.1, 0.15) is 17.3 Å². The summed E-state index contributed by atoms with van der Waals surface area (Å²) >= 11 is 0. The average Bonchev–Trinajstić information content (AvgIpc) is 2.73. The van der Waals surface area contributed by atoms with Gasteiger partial charge in [0.25, 0.3) is 0 Å². The second kappa shape index (κ2) is 8.93. The van der Waals surface area contributed by atoms with E-state index in [4.69, 9.17) is 9.47 Å². The van der Waals surface area contributed by atoms with Gasteiger partial charge in [-0.1, -0.05) is 0 Å². The molecule has 1 aliphatic rings. The highest BCUT2D eigenvalue weighted by Crippen LogP contribution is 2.29. The smallest absolute Gasteiger partial charge is 0.241 e. The maximum Gasteiger partial charge on any atom is 0.241 e. The molecule has 1 N–H and O–H groups in total. The third kappa shape index (κ3) is 4.54. The minimum atomic E-state index is -0.286. The zero-order chi connectivity index (χ0) is 20.1. The van der Waals surface area contributed by atoms with Gasteiger partial charge in [0.15, 0.2) is 0 Å². The van der Waals surface area contributed by atoms with Crippen LogP contribution in [0.2, 0.25) is 0 Å². The molecule has 28 heavy (non-hydrogen) atoms. The summed E-state index contributed by atoms with van der Waals surface area (Å²) < 4.78 is 23.7. The summed E-state index contributed by atoms with van der Waals surface area (Å²) in [6, 6.07) is 11.5. The highest BCUT2D eigenvalue weighted by Gasteiger charge is 2.26. The number of nitrogens with zero attached hydrogens (tertiary/aromatic N) is 2. The Bertz CT molecular complexity index is 805. The number of halogens is 1. The highest BCUT2D eigenvalue weighted by atomic mass is 19.1. The number of amides is 1. The summed E-state index contributed by atoms with van der Waals surface area (Å²) in [7, 11) is 3.15. The van der Waals surface area contributed by atoms with Gasteiger partial charge in [0, 0.05) is 37.9 Å². The first-order chi connectivity index (χ1) is 13.5. The number of methoxy groups -OCH3 is 2. The van der Waals surface area contributed by atoms with Crippen molar-refractivity contribution < 1.29 is 18.7 Å². The quantitative estimate of drug-likeness (QED) is 0.826. The standard InChI is InChI=1S/C21H26FN3O3/c1-15(21(26)23-19-14-18(27-2)8-9-20(19)28-3)24-10-12-25(13-11-24)17-6-4-16(22)5-7-17/h4-9,14-15H,10-13H2,1-3H3,(H,23,26). The van der Waals surface area contributed by atoms with E-state index in [0.717, 1.165) is 31.9 Å². The molecule has 0 spiro atoms. The first-order valence-electron chi connectivity index (χ1n) is 9.29. The van der Waals surface area contributed by atoms with Crippen molar-refractivity contribution in [2.45, 2.75) is 13.0 Å². The Kier molecular flexibility index (Phi) is 6.36. The molecule has 1 atom stereocenters. The van der Waals surface area contributed by atoms with Crippen LogP contribution in [-0.4, -0.2) is 57.2 Å². The molecule has 0 saturated carbocycles. The number of carbonyl (C=O) groups is 1. The zero-order valence-corrected chi connectivity index (χ0v) is 16.4. The average molecular weight is 387 g/mol. The van der Waals surface area contributed by atoms with Gasteiger partial charge < -0.3 is 19.7 Å². The van der Waals surface area contributed by atoms with Gasteiger partial charge in [0.2, 0.25) is 5.91 Å². The Hall–Kier alpha value is -2.80. The monoisotopic (exact) mass is 387 g/mol. The summed E-state index contributed by atoms with van der Waals surface area (Å²) in [6.07, 6.45) is 0. The molecule has 0 aliphatic carbocycles. The summed E-state index contributed by atoms with van der Waals surface area (Å²) in [5.74, 6) is 0.904. The minimum absolute atomic E-state index is 0.0956. The van der Waals surface area contributed by atoms with Crippen molar-refractivity contribution >= 4 is 17.3 Å². The lowest BCUT2D eigenvalue weighted by Gasteiger charge is -2.38. The third-order valence-electron chi connectivity index (χ3n) is 5.10. The lowest BCUT2D eigenvalue weighted by atomic mass is 10.2. The van der Waals surface area contributed by atoms with Crippen LogP contribution >= 0.6 is 0 Å². The molecule has 0 bridgehead atoms. The Balaban J connectivity index is 1.59. The predicted molar refractivity (Wildman–Crippen MR) is 108 cm³/mol. The third-order valence-corrected chi connectivity index (χ3v) is 5.10. The lowest BCUT2D eigenvalue weighted by molar-refractivity contribution is -0.120. The number of hydrogen-bond donors (Lipinski definition) is 1. The van der Waals surface area contributed by atoms with Gasteiger partial charge in [-0.15, -0.1) is 0 Å². The maximum absolute atomic E-state index is 13.1. The van der Waals surface area contributed by atoms with E-state index >= 15 is 0 Å². The van der Waals surface area contributed by atoms with Gasteiger partial charge in [0.05, 0.1) is 25.9 Å². The van der Waals surface area contributed by atoms with Gasteiger partial charge in [-0.3, -0.25) is 9.69 Å². The number of anilines is 2. The number of rotatable bonds is 6. The normalized spacial score (nSPS) is 15.8. The van der Waals surface area contributed by atoms with Crippen molar-refractivity contribution in [3.05, 3.63) is 48.3 Å². The number of piperazine rings is 1. The largest absolute Gasteiger partial charge is 0.497 e. The van der Waals surface area contributed by atoms with Gasteiger partial charge >= 0.3 is 0 Å². The fourth-order valence-electron chi connectivity index (χ4n) is 3.33. The number of benzene rings is 2. The lowest BCUT2D eigenvalue weighted by Crippen LogP contribution is -2.52. The molecular weight excluding hydrogens is 361 g/mol. The Morgan fingerprint density at radius 3 is 2.32 bits per heavy atom. The van der Waals surface area contributed by atoms with Crippen LogP contribution < -0.4 is 19.7 Å². The van der Waals surface area contributed by atoms with Crippen LogP contribution in [0.1, 0.15) is 6.92 Å². The molecule has 7 heteroatoms. The van der Waals surface area contributed by atoms with E-state index in [-0.39, 0.29) is 17.8 Å². The van der Waals surface area contributed by atoms with Crippen LogP contribution in [-0.2, 0) is 4.79 Å². The van der Waals surface area contributed by atoms with Gasteiger partial charge in [-0.2, -0.15) is 0 Å². The molecule has 2 aromatic carbocycles. The molecule has 0 aromatic heterocycles. The second-order valence-electron chi connectivity index (χ2n) is 6.73. The molecule has 2 aromatic rings. The number of hydrogen-bond acceptors (Lipinski definition) is 5. The maximum atomic E-state index is 13.1. The first kappa shape index (κ1) is 19.9. The van der Waals surface area contributed by atoms with Crippen LogP contribution in [0.25, 0.3) is 0 Å². The molecule has 1 fully saturated rings.